The van der Waals surface area contributed by atoms with Crippen LogP contribution in [0.3, 0.4) is 0 Å². The molecule has 0 aromatic carbocycles. The SMILES string of the molecule is CN1CCN(CCn2cnc(C=O)c2)CC1. The maximum Gasteiger partial charge on any atom is 0.169 e. The molecule has 1 aliphatic heterocycles. The van der Waals surface area contributed by atoms with E-state index in [1.807, 2.05) is 4.57 Å². The fourth-order valence-corrected chi connectivity index (χ4v) is 1.89. The third-order valence-electron chi connectivity index (χ3n) is 3.04. The Morgan fingerprint density at radius 2 is 2.06 bits per heavy atom. The summed E-state index contributed by atoms with van der Waals surface area (Å²) < 4.78 is 1.97. The molecule has 0 atom stereocenters. The van der Waals surface area contributed by atoms with Gasteiger partial charge in [0.15, 0.2) is 6.29 Å². The molecule has 1 fully saturated rings. The number of aromatic nitrogens is 2. The van der Waals surface area contributed by atoms with E-state index in [-0.39, 0.29) is 0 Å². The van der Waals surface area contributed by atoms with E-state index in [1.165, 1.54) is 0 Å². The Morgan fingerprint density at radius 1 is 1.31 bits per heavy atom. The van der Waals surface area contributed by atoms with Crippen LogP contribution in [0.25, 0.3) is 0 Å². The minimum absolute atomic E-state index is 0.512. The van der Waals surface area contributed by atoms with E-state index in [0.29, 0.717) is 5.69 Å². The minimum Gasteiger partial charge on any atom is -0.335 e. The lowest BCUT2D eigenvalue weighted by molar-refractivity contribution is 0.111. The summed E-state index contributed by atoms with van der Waals surface area (Å²) in [5.74, 6) is 0. The number of carbonyl (C=O) groups excluding carboxylic acids is 1. The molecule has 88 valence electrons. The number of rotatable bonds is 4. The van der Waals surface area contributed by atoms with Gasteiger partial charge in [-0.3, -0.25) is 9.69 Å². The summed E-state index contributed by atoms with van der Waals surface area (Å²) in [4.78, 5) is 19.2. The van der Waals surface area contributed by atoms with Crippen LogP contribution < -0.4 is 0 Å². The van der Waals surface area contributed by atoms with Gasteiger partial charge in [0.1, 0.15) is 5.69 Å². The van der Waals surface area contributed by atoms with E-state index in [0.717, 1.165) is 45.6 Å². The van der Waals surface area contributed by atoms with Crippen molar-refractivity contribution in [2.75, 3.05) is 39.8 Å². The van der Waals surface area contributed by atoms with Gasteiger partial charge < -0.3 is 9.47 Å². The van der Waals surface area contributed by atoms with Crippen LogP contribution in [0.1, 0.15) is 10.5 Å². The number of nitrogens with zero attached hydrogens (tertiary/aromatic N) is 4. The molecule has 5 heteroatoms. The molecule has 5 nitrogen and oxygen atoms in total. The molecule has 0 saturated carbocycles. The average Bonchev–Trinajstić information content (AvgIpc) is 2.76. The van der Waals surface area contributed by atoms with Crippen molar-refractivity contribution in [3.8, 4) is 0 Å². The molecule has 2 heterocycles. The molecule has 1 aromatic heterocycles. The number of likely N-dealkylation sites (N-methyl/N-ethyl adjacent to an activating group) is 1. The summed E-state index contributed by atoms with van der Waals surface area (Å²) in [6.45, 7) is 6.48. The van der Waals surface area contributed by atoms with Crippen LogP contribution in [0.5, 0.6) is 0 Å². The van der Waals surface area contributed by atoms with Gasteiger partial charge in [-0.15, -0.1) is 0 Å². The lowest BCUT2D eigenvalue weighted by atomic mass is 10.3. The number of hydrogen-bond donors (Lipinski definition) is 0. The van der Waals surface area contributed by atoms with Crippen molar-refractivity contribution in [3.05, 3.63) is 18.2 Å². The Bertz CT molecular complexity index is 342. The summed E-state index contributed by atoms with van der Waals surface area (Å²) in [6, 6.07) is 0. The Hall–Kier alpha value is -1.20. The molecule has 0 aliphatic carbocycles. The normalized spacial score (nSPS) is 18.8. The Kier molecular flexibility index (Phi) is 3.69. The van der Waals surface area contributed by atoms with Crippen LogP contribution in [0, 0.1) is 0 Å². The molecule has 16 heavy (non-hydrogen) atoms. The first-order valence-electron chi connectivity index (χ1n) is 5.66. The standard InChI is InChI=1S/C11H18N4O/c1-13-2-4-14(5-3-13)6-7-15-8-11(9-16)12-10-15/h8-10H,2-7H2,1H3. The lowest BCUT2D eigenvalue weighted by Crippen LogP contribution is -2.45. The van der Waals surface area contributed by atoms with Crippen molar-refractivity contribution in [3.63, 3.8) is 0 Å². The molecular formula is C11H18N4O. The Labute approximate surface area is 95.7 Å². The molecule has 0 bridgehead atoms. The van der Waals surface area contributed by atoms with Crippen LogP contribution >= 0.6 is 0 Å². The Morgan fingerprint density at radius 3 is 2.69 bits per heavy atom. The molecule has 0 unspecified atom stereocenters. The summed E-state index contributed by atoms with van der Waals surface area (Å²) in [7, 11) is 2.16. The number of piperazine rings is 1. The van der Waals surface area contributed by atoms with Crippen LogP contribution in [-0.4, -0.2) is 65.4 Å². The number of aldehydes is 1. The van der Waals surface area contributed by atoms with Crippen molar-refractivity contribution in [1.82, 2.24) is 19.4 Å². The van der Waals surface area contributed by atoms with Gasteiger partial charge in [0.2, 0.25) is 0 Å². The van der Waals surface area contributed by atoms with Gasteiger partial charge in [0, 0.05) is 45.5 Å². The fraction of sp³-hybridized carbons (Fsp3) is 0.636. The van der Waals surface area contributed by atoms with Crippen LogP contribution in [0.2, 0.25) is 0 Å². The smallest absolute Gasteiger partial charge is 0.169 e. The summed E-state index contributed by atoms with van der Waals surface area (Å²) >= 11 is 0. The van der Waals surface area contributed by atoms with E-state index in [1.54, 1.807) is 12.5 Å². The molecule has 0 amide bonds. The maximum atomic E-state index is 10.5. The van der Waals surface area contributed by atoms with Crippen molar-refractivity contribution >= 4 is 6.29 Å². The van der Waals surface area contributed by atoms with Crippen molar-refractivity contribution in [2.24, 2.45) is 0 Å². The van der Waals surface area contributed by atoms with E-state index in [2.05, 4.69) is 21.8 Å². The van der Waals surface area contributed by atoms with Crippen molar-refractivity contribution < 1.29 is 4.79 Å². The molecule has 0 spiro atoms. The number of carbonyl (C=O) groups is 1. The van der Waals surface area contributed by atoms with Crippen molar-refractivity contribution in [1.29, 1.82) is 0 Å². The van der Waals surface area contributed by atoms with E-state index < -0.39 is 0 Å². The van der Waals surface area contributed by atoms with Gasteiger partial charge in [-0.2, -0.15) is 0 Å². The highest BCUT2D eigenvalue weighted by Gasteiger charge is 2.12. The zero-order chi connectivity index (χ0) is 11.4. The lowest BCUT2D eigenvalue weighted by Gasteiger charge is -2.32. The quantitative estimate of drug-likeness (QED) is 0.669. The van der Waals surface area contributed by atoms with Gasteiger partial charge in [-0.05, 0) is 7.05 Å². The average molecular weight is 222 g/mol. The third kappa shape index (κ3) is 2.90. The minimum atomic E-state index is 0.512. The second-order valence-electron chi connectivity index (χ2n) is 4.30. The highest BCUT2D eigenvalue weighted by atomic mass is 16.1. The zero-order valence-corrected chi connectivity index (χ0v) is 9.67. The van der Waals surface area contributed by atoms with Gasteiger partial charge in [-0.1, -0.05) is 0 Å². The highest BCUT2D eigenvalue weighted by Crippen LogP contribution is 2.00. The number of hydrogen-bond acceptors (Lipinski definition) is 4. The van der Waals surface area contributed by atoms with Gasteiger partial charge >= 0.3 is 0 Å². The highest BCUT2D eigenvalue weighted by molar-refractivity contribution is 5.70. The topological polar surface area (TPSA) is 41.4 Å². The van der Waals surface area contributed by atoms with Gasteiger partial charge in [0.05, 0.1) is 6.33 Å². The molecule has 1 saturated heterocycles. The second-order valence-corrected chi connectivity index (χ2v) is 4.30. The van der Waals surface area contributed by atoms with Gasteiger partial charge in [-0.25, -0.2) is 4.98 Å². The maximum absolute atomic E-state index is 10.5. The van der Waals surface area contributed by atoms with E-state index >= 15 is 0 Å². The molecule has 0 radical (unpaired) electrons. The molecule has 1 aromatic rings. The third-order valence-corrected chi connectivity index (χ3v) is 3.04. The predicted molar refractivity (Wildman–Crippen MR) is 61.6 cm³/mol. The first kappa shape index (κ1) is 11.3. The number of imidazole rings is 1. The van der Waals surface area contributed by atoms with E-state index in [9.17, 15) is 4.79 Å². The zero-order valence-electron chi connectivity index (χ0n) is 9.67. The Balaban J connectivity index is 1.76. The summed E-state index contributed by atoms with van der Waals surface area (Å²) in [5, 5.41) is 0. The summed E-state index contributed by atoms with van der Waals surface area (Å²) in [6.07, 6.45) is 4.30. The fourth-order valence-electron chi connectivity index (χ4n) is 1.89. The first-order valence-corrected chi connectivity index (χ1v) is 5.66. The molecule has 1 aliphatic rings. The monoisotopic (exact) mass is 222 g/mol. The largest absolute Gasteiger partial charge is 0.335 e. The second kappa shape index (κ2) is 5.23. The molecule has 0 N–H and O–H groups in total. The van der Waals surface area contributed by atoms with Crippen LogP contribution in [-0.2, 0) is 6.54 Å². The van der Waals surface area contributed by atoms with Crippen LogP contribution in [0.4, 0.5) is 0 Å². The van der Waals surface area contributed by atoms with Gasteiger partial charge in [0.25, 0.3) is 0 Å². The molecule has 2 rings (SSSR count). The predicted octanol–water partition coefficient (Wildman–Crippen LogP) is -0.0570. The first-order chi connectivity index (χ1) is 7.78. The molecular weight excluding hydrogens is 204 g/mol. The summed E-state index contributed by atoms with van der Waals surface area (Å²) in [5.41, 5.74) is 0.512. The van der Waals surface area contributed by atoms with Crippen LogP contribution in [0.15, 0.2) is 12.5 Å². The van der Waals surface area contributed by atoms with E-state index in [4.69, 9.17) is 0 Å². The van der Waals surface area contributed by atoms with Crippen molar-refractivity contribution in [2.45, 2.75) is 6.54 Å².